The summed E-state index contributed by atoms with van der Waals surface area (Å²) < 4.78 is 9.54. The minimum Gasteiger partial charge on any atom is -0.546 e. The van der Waals surface area contributed by atoms with Gasteiger partial charge in [-0.1, -0.05) is 71.8 Å². The first kappa shape index (κ1) is 35.4. The van der Waals surface area contributed by atoms with Gasteiger partial charge in [-0.2, -0.15) is 0 Å². The van der Waals surface area contributed by atoms with E-state index in [1.807, 2.05) is 11.8 Å². The Morgan fingerprint density at radius 1 is 0.776 bits per heavy atom. The van der Waals surface area contributed by atoms with E-state index in [0.29, 0.717) is 5.92 Å². The number of carboxylic acids is 2. The number of fused-ring (bicyclic) bond motifs is 3. The van der Waals surface area contributed by atoms with Crippen LogP contribution in [0.2, 0.25) is 0 Å². The highest BCUT2D eigenvalue weighted by Crippen LogP contribution is 2.35. The molecule has 10 heteroatoms. The molecule has 49 heavy (non-hydrogen) atoms. The molecule has 5 atom stereocenters. The van der Waals surface area contributed by atoms with Gasteiger partial charge in [0.15, 0.2) is 6.10 Å². The number of benzene rings is 4. The molecule has 4 aromatic rings. The molecule has 2 aliphatic heterocycles. The van der Waals surface area contributed by atoms with Crippen LogP contribution in [0, 0.1) is 13.8 Å². The van der Waals surface area contributed by atoms with Gasteiger partial charge < -0.3 is 29.4 Å². The van der Waals surface area contributed by atoms with Crippen molar-refractivity contribution in [3.8, 4) is 0 Å². The van der Waals surface area contributed by atoms with Crippen LogP contribution in [0.1, 0.15) is 73.3 Å². The Balaban J connectivity index is 0.000000198. The number of esters is 2. The number of nitrogens with one attached hydrogen (secondary N) is 1. The molecular weight excluding hydrogens is 642 g/mol. The van der Waals surface area contributed by atoms with Crippen LogP contribution in [0.5, 0.6) is 0 Å². The van der Waals surface area contributed by atoms with Gasteiger partial charge in [-0.15, -0.1) is 11.8 Å². The molecule has 9 nitrogen and oxygen atoms in total. The van der Waals surface area contributed by atoms with Crippen LogP contribution in [0.3, 0.4) is 0 Å². The zero-order valence-corrected chi connectivity index (χ0v) is 28.4. The first-order valence-electron chi connectivity index (χ1n) is 16.1. The minimum absolute atomic E-state index is 0.00542. The second-order valence-corrected chi connectivity index (χ2v) is 13.2. The van der Waals surface area contributed by atoms with Crippen LogP contribution in [0.4, 0.5) is 0 Å². The number of thioether (sulfide) groups is 1. The second kappa shape index (κ2) is 16.0. The van der Waals surface area contributed by atoms with Crippen molar-refractivity contribution in [1.29, 1.82) is 0 Å². The summed E-state index contributed by atoms with van der Waals surface area (Å²) in [7, 11) is 0. The summed E-state index contributed by atoms with van der Waals surface area (Å²) in [6.07, 6.45) is 0.273. The number of hydrogen-bond donors (Lipinski definition) is 2. The summed E-state index contributed by atoms with van der Waals surface area (Å²) >= 11 is 1.82. The monoisotopic (exact) mass is 681 g/mol. The summed E-state index contributed by atoms with van der Waals surface area (Å²) in [5, 5.41) is 20.7. The van der Waals surface area contributed by atoms with Gasteiger partial charge in [0.1, 0.15) is 6.04 Å². The molecule has 0 spiro atoms. The predicted molar refractivity (Wildman–Crippen MR) is 183 cm³/mol. The van der Waals surface area contributed by atoms with Gasteiger partial charge in [-0.05, 0) is 67.6 Å². The number of ether oxygens (including phenoxy) is 2. The Labute approximate surface area is 289 Å². The third-order valence-corrected chi connectivity index (χ3v) is 9.75. The molecule has 2 aliphatic rings. The molecular formula is C39H39NO8S. The normalized spacial score (nSPS) is 18.8. The van der Waals surface area contributed by atoms with Crippen LogP contribution in [-0.4, -0.2) is 60.5 Å². The maximum atomic E-state index is 12.2. The van der Waals surface area contributed by atoms with E-state index in [2.05, 4.69) is 54.8 Å². The van der Waals surface area contributed by atoms with E-state index < -0.39 is 36.1 Å². The number of aliphatic carboxylic acids is 2. The average molecular weight is 682 g/mol. The van der Waals surface area contributed by atoms with E-state index in [-0.39, 0.29) is 11.1 Å². The number of carbonyl (C=O) groups is 4. The number of quaternary nitrogens is 1. The quantitative estimate of drug-likeness (QED) is 0.197. The lowest BCUT2D eigenvalue weighted by molar-refractivity contribution is -0.921. The Bertz CT molecular complexity index is 1710. The Morgan fingerprint density at radius 3 is 1.82 bits per heavy atom. The van der Waals surface area contributed by atoms with Crippen LogP contribution in [-0.2, 0) is 19.1 Å². The van der Waals surface area contributed by atoms with Crippen LogP contribution >= 0.6 is 11.8 Å². The van der Waals surface area contributed by atoms with E-state index in [1.54, 1.807) is 54.1 Å². The SMILES string of the molecule is CSc1ccc([C@@H]2C[NH+]3CCC[C@@H]3c3ccccc32)cc1.Cc1ccc(C(=O)O[C@@H](C(=O)[O-])[C@@H](OC(=O)c2ccc(C)cc2)C(=O)O)cc1. The molecule has 6 rings (SSSR count). The molecule has 2 N–H and O–H groups in total. The van der Waals surface area contributed by atoms with Gasteiger partial charge >= 0.3 is 17.9 Å². The highest BCUT2D eigenvalue weighted by molar-refractivity contribution is 7.98. The van der Waals surface area contributed by atoms with Gasteiger partial charge in [0.05, 0.1) is 36.1 Å². The van der Waals surface area contributed by atoms with Crippen molar-refractivity contribution in [2.45, 2.75) is 55.8 Å². The van der Waals surface area contributed by atoms with Gasteiger partial charge in [0.25, 0.3) is 0 Å². The van der Waals surface area contributed by atoms with Crippen molar-refractivity contribution in [2.75, 3.05) is 19.3 Å². The standard InChI is InChI=1S/C20H18O8.C19H21NS/c1-11-3-7-13(8-4-11)19(25)27-15(17(21)22)16(18(23)24)28-20(26)14-9-5-12(2)6-10-14;1-21-15-10-8-14(9-11-15)18-13-20-12-4-7-19(20)17-6-3-2-5-16(17)18/h3-10,15-16H,1-2H3,(H,21,22)(H,23,24);2-3,5-6,8-11,18-19H,4,7,12-13H2,1H3/t15-,16-;18-,19+/m10/s1. The fraction of sp³-hybridized carbons (Fsp3) is 0.282. The molecule has 0 radical (unpaired) electrons. The van der Waals surface area contributed by atoms with E-state index >= 15 is 0 Å². The maximum absolute atomic E-state index is 12.2. The fourth-order valence-corrected chi connectivity index (χ4v) is 6.81. The lowest BCUT2D eigenvalue weighted by atomic mass is 9.82. The van der Waals surface area contributed by atoms with Crippen LogP contribution in [0.15, 0.2) is 102 Å². The maximum Gasteiger partial charge on any atom is 0.349 e. The van der Waals surface area contributed by atoms with E-state index in [1.165, 1.54) is 60.7 Å². The number of rotatable bonds is 9. The van der Waals surface area contributed by atoms with E-state index in [4.69, 9.17) is 9.47 Å². The zero-order valence-electron chi connectivity index (χ0n) is 27.6. The highest BCUT2D eigenvalue weighted by atomic mass is 32.2. The largest absolute Gasteiger partial charge is 0.546 e. The molecule has 0 saturated carbocycles. The average Bonchev–Trinajstić information content (AvgIpc) is 3.59. The molecule has 254 valence electrons. The van der Waals surface area contributed by atoms with Crippen molar-refractivity contribution < 1.29 is 43.8 Å². The Morgan fingerprint density at radius 2 is 1.31 bits per heavy atom. The number of carboxylic acid groups (broad SMARTS) is 2. The molecule has 0 bridgehead atoms. The summed E-state index contributed by atoms with van der Waals surface area (Å²) in [6, 6.07) is 31.1. The minimum atomic E-state index is -2.33. The third kappa shape index (κ3) is 8.57. The number of carbonyl (C=O) groups excluding carboxylic acids is 3. The van der Waals surface area contributed by atoms with E-state index in [0.717, 1.165) is 17.2 Å². The van der Waals surface area contributed by atoms with Gasteiger partial charge in [0.2, 0.25) is 6.10 Å². The van der Waals surface area contributed by atoms with Gasteiger partial charge in [0, 0.05) is 23.3 Å². The van der Waals surface area contributed by atoms with Crippen LogP contribution in [0.25, 0.3) is 0 Å². The van der Waals surface area contributed by atoms with Gasteiger partial charge in [-0.3, -0.25) is 0 Å². The Hall–Kier alpha value is -4.93. The van der Waals surface area contributed by atoms with Crippen molar-refractivity contribution in [1.82, 2.24) is 0 Å². The van der Waals surface area contributed by atoms with Crippen molar-refractivity contribution in [2.24, 2.45) is 0 Å². The van der Waals surface area contributed by atoms with Crippen molar-refractivity contribution in [3.05, 3.63) is 136 Å². The molecule has 2 heterocycles. The topological polar surface area (TPSA) is 134 Å². The van der Waals surface area contributed by atoms with Crippen molar-refractivity contribution in [3.63, 3.8) is 0 Å². The summed E-state index contributed by atoms with van der Waals surface area (Å²) in [4.78, 5) is 50.3. The summed E-state index contributed by atoms with van der Waals surface area (Å²) in [6.45, 7) is 6.18. The van der Waals surface area contributed by atoms with E-state index in [9.17, 15) is 29.4 Å². The molecule has 1 saturated heterocycles. The first-order chi connectivity index (χ1) is 23.5. The zero-order chi connectivity index (χ0) is 35.1. The molecule has 1 fully saturated rings. The van der Waals surface area contributed by atoms with Gasteiger partial charge in [-0.25, -0.2) is 14.4 Å². The fourth-order valence-electron chi connectivity index (χ4n) is 6.40. The smallest absolute Gasteiger partial charge is 0.349 e. The lowest BCUT2D eigenvalue weighted by Crippen LogP contribution is -3.11. The first-order valence-corrected chi connectivity index (χ1v) is 17.3. The molecule has 4 aromatic carbocycles. The summed E-state index contributed by atoms with van der Waals surface area (Å²) in [5.74, 6) is -5.41. The molecule has 0 aromatic heterocycles. The number of hydrogen-bond acceptors (Lipinski definition) is 8. The third-order valence-electron chi connectivity index (χ3n) is 9.01. The van der Waals surface area contributed by atoms with Crippen molar-refractivity contribution >= 4 is 35.6 Å². The molecule has 1 unspecified atom stereocenters. The lowest BCUT2D eigenvalue weighted by Gasteiger charge is -2.34. The molecule has 0 amide bonds. The number of aryl methyl sites for hydroxylation is 2. The predicted octanol–water partition coefficient (Wildman–Crippen LogP) is 4.16. The highest BCUT2D eigenvalue weighted by Gasteiger charge is 2.40. The second-order valence-electron chi connectivity index (χ2n) is 12.3. The van der Waals surface area contributed by atoms with Crippen LogP contribution < -0.4 is 10.0 Å². The summed E-state index contributed by atoms with van der Waals surface area (Å²) in [5.41, 5.74) is 6.39. The Kier molecular flexibility index (Phi) is 11.5. The molecule has 0 aliphatic carbocycles.